The van der Waals surface area contributed by atoms with Crippen molar-refractivity contribution in [3.05, 3.63) is 35.6 Å². The van der Waals surface area contributed by atoms with Crippen molar-refractivity contribution < 1.29 is 23.5 Å². The van der Waals surface area contributed by atoms with E-state index in [4.69, 9.17) is 9.47 Å². The van der Waals surface area contributed by atoms with Crippen LogP contribution in [0, 0.1) is 23.6 Å². The summed E-state index contributed by atoms with van der Waals surface area (Å²) in [4.78, 5) is 30.1. The van der Waals surface area contributed by atoms with Crippen LogP contribution in [-0.2, 0) is 15.9 Å². The number of hydrogen-bond acceptors (Lipinski definition) is 5. The number of nitrogens with zero attached hydrogens (tertiary/aromatic N) is 2. The van der Waals surface area contributed by atoms with E-state index in [1.54, 1.807) is 17.0 Å². The zero-order valence-corrected chi connectivity index (χ0v) is 24.6. The molecule has 4 rings (SSSR count). The summed E-state index contributed by atoms with van der Waals surface area (Å²) in [6, 6.07) is 6.55. The second-order valence-corrected chi connectivity index (χ2v) is 12.9. The van der Waals surface area contributed by atoms with Gasteiger partial charge in [0, 0.05) is 45.9 Å². The van der Waals surface area contributed by atoms with E-state index in [1.807, 2.05) is 32.9 Å². The molecular formula is C31H49FN4O4. The lowest BCUT2D eigenvalue weighted by Crippen LogP contribution is -2.58. The van der Waals surface area contributed by atoms with Crippen LogP contribution in [0.15, 0.2) is 24.3 Å². The molecule has 0 saturated carbocycles. The maximum atomic E-state index is 13.3. The molecule has 3 amide bonds. The van der Waals surface area contributed by atoms with Crippen molar-refractivity contribution in [3.8, 4) is 0 Å². The third-order valence-electron chi connectivity index (χ3n) is 8.44. The molecule has 0 bridgehead atoms. The molecule has 3 aliphatic rings. The number of hydrogen-bond donors (Lipinski definition) is 2. The van der Waals surface area contributed by atoms with E-state index < -0.39 is 5.60 Å². The Hall–Kier alpha value is -2.39. The number of likely N-dealkylation sites (tertiary alicyclic amines) is 2. The maximum absolute atomic E-state index is 13.3. The Morgan fingerprint density at radius 2 is 1.77 bits per heavy atom. The van der Waals surface area contributed by atoms with E-state index in [1.165, 1.54) is 12.0 Å². The Morgan fingerprint density at radius 3 is 2.50 bits per heavy atom. The van der Waals surface area contributed by atoms with Crippen LogP contribution in [0.2, 0.25) is 0 Å². The SMILES string of the molecule is CC(C)(C)OC(=O)N1CC[C@@H](CN2CCC[C@@H](Cc3ccc(F)cc3)C2)[C@@H](NC(=O)NCCC2CCOCC2)C1. The van der Waals surface area contributed by atoms with Crippen LogP contribution in [-0.4, -0.2) is 86.0 Å². The Morgan fingerprint density at radius 1 is 1.02 bits per heavy atom. The lowest BCUT2D eigenvalue weighted by Gasteiger charge is -2.42. The van der Waals surface area contributed by atoms with Gasteiger partial charge in [0.2, 0.25) is 0 Å². The third-order valence-corrected chi connectivity index (χ3v) is 8.44. The number of piperidine rings is 2. The summed E-state index contributed by atoms with van der Waals surface area (Å²) in [5, 5.41) is 6.27. The number of ether oxygens (including phenoxy) is 2. The normalized spacial score (nSPS) is 24.9. The lowest BCUT2D eigenvalue weighted by molar-refractivity contribution is 0.0113. The molecule has 3 atom stereocenters. The number of rotatable bonds is 8. The summed E-state index contributed by atoms with van der Waals surface area (Å²) in [5.41, 5.74) is 0.613. The minimum Gasteiger partial charge on any atom is -0.444 e. The predicted octanol–water partition coefficient (Wildman–Crippen LogP) is 4.82. The number of halogens is 1. The first kappa shape index (κ1) is 30.6. The molecule has 0 spiro atoms. The van der Waals surface area contributed by atoms with Crippen LogP contribution in [0.3, 0.4) is 0 Å². The van der Waals surface area contributed by atoms with Gasteiger partial charge in [0.25, 0.3) is 0 Å². The first-order valence-electron chi connectivity index (χ1n) is 15.2. The molecule has 3 aliphatic heterocycles. The standard InChI is InChI=1S/C31H49FN4O4/c1-31(2,3)40-30(38)36-16-11-26(28(22-36)34-29(37)33-14-10-23-12-17-39-18-13-23)21-35-15-4-5-25(20-35)19-24-6-8-27(32)9-7-24/h6-9,23,25-26,28H,4-5,10-22H2,1-3H3,(H2,33,34,37)/t25-,26-,28-/m0/s1. The second kappa shape index (κ2) is 14.5. The number of nitrogens with one attached hydrogen (secondary N) is 2. The lowest BCUT2D eigenvalue weighted by atomic mass is 9.87. The van der Waals surface area contributed by atoms with E-state index in [2.05, 4.69) is 15.5 Å². The fourth-order valence-electron chi connectivity index (χ4n) is 6.29. The summed E-state index contributed by atoms with van der Waals surface area (Å²) in [7, 11) is 0. The zero-order chi connectivity index (χ0) is 28.5. The van der Waals surface area contributed by atoms with Crippen LogP contribution < -0.4 is 10.6 Å². The molecule has 8 nitrogen and oxygen atoms in total. The molecule has 0 aromatic heterocycles. The molecule has 3 heterocycles. The fourth-order valence-corrected chi connectivity index (χ4v) is 6.29. The summed E-state index contributed by atoms with van der Waals surface area (Å²) < 4.78 is 24.4. The van der Waals surface area contributed by atoms with Gasteiger partial charge in [-0.3, -0.25) is 0 Å². The molecule has 3 fully saturated rings. The Balaban J connectivity index is 1.33. The summed E-state index contributed by atoms with van der Waals surface area (Å²) in [5.74, 6) is 1.17. The van der Waals surface area contributed by atoms with Crippen molar-refractivity contribution in [2.45, 2.75) is 77.4 Å². The molecule has 0 unspecified atom stereocenters. The van der Waals surface area contributed by atoms with Gasteiger partial charge < -0.3 is 29.9 Å². The smallest absolute Gasteiger partial charge is 0.410 e. The predicted molar refractivity (Wildman–Crippen MR) is 154 cm³/mol. The van der Waals surface area contributed by atoms with E-state index in [9.17, 15) is 14.0 Å². The number of carbonyl (C=O) groups is 2. The minimum absolute atomic E-state index is 0.151. The molecule has 224 valence electrons. The zero-order valence-electron chi connectivity index (χ0n) is 24.6. The van der Waals surface area contributed by atoms with Crippen molar-refractivity contribution in [1.82, 2.24) is 20.4 Å². The van der Waals surface area contributed by atoms with Crippen molar-refractivity contribution in [1.29, 1.82) is 0 Å². The Labute approximate surface area is 239 Å². The molecule has 3 saturated heterocycles. The molecular weight excluding hydrogens is 511 g/mol. The minimum atomic E-state index is -0.564. The first-order chi connectivity index (χ1) is 19.1. The first-order valence-corrected chi connectivity index (χ1v) is 15.2. The van der Waals surface area contributed by atoms with Gasteiger partial charge in [0.15, 0.2) is 0 Å². The molecule has 0 aliphatic carbocycles. The average Bonchev–Trinajstić information content (AvgIpc) is 2.91. The van der Waals surface area contributed by atoms with E-state index >= 15 is 0 Å². The van der Waals surface area contributed by atoms with Gasteiger partial charge in [0.1, 0.15) is 11.4 Å². The highest BCUT2D eigenvalue weighted by molar-refractivity contribution is 5.74. The Kier molecular flexibility index (Phi) is 11.1. The molecule has 0 radical (unpaired) electrons. The second-order valence-electron chi connectivity index (χ2n) is 12.9. The van der Waals surface area contributed by atoms with E-state index in [0.29, 0.717) is 31.5 Å². The highest BCUT2D eigenvalue weighted by Crippen LogP contribution is 2.26. The van der Waals surface area contributed by atoms with Gasteiger partial charge >= 0.3 is 12.1 Å². The van der Waals surface area contributed by atoms with Crippen LogP contribution >= 0.6 is 0 Å². The molecule has 1 aromatic carbocycles. The van der Waals surface area contributed by atoms with Crippen molar-refractivity contribution >= 4 is 12.1 Å². The average molecular weight is 561 g/mol. The van der Waals surface area contributed by atoms with Gasteiger partial charge in [0.05, 0.1) is 6.04 Å². The summed E-state index contributed by atoms with van der Waals surface area (Å²) >= 11 is 0. The van der Waals surface area contributed by atoms with Gasteiger partial charge in [-0.15, -0.1) is 0 Å². The molecule has 2 N–H and O–H groups in total. The highest BCUT2D eigenvalue weighted by Gasteiger charge is 2.36. The summed E-state index contributed by atoms with van der Waals surface area (Å²) in [6.45, 7) is 11.9. The summed E-state index contributed by atoms with van der Waals surface area (Å²) in [6.07, 6.45) is 6.80. The van der Waals surface area contributed by atoms with Gasteiger partial charge in [-0.1, -0.05) is 12.1 Å². The van der Waals surface area contributed by atoms with E-state index in [-0.39, 0.29) is 29.9 Å². The monoisotopic (exact) mass is 560 g/mol. The quantitative estimate of drug-likeness (QED) is 0.476. The number of carbonyl (C=O) groups excluding carboxylic acids is 2. The van der Waals surface area contributed by atoms with Crippen LogP contribution in [0.1, 0.15) is 64.9 Å². The maximum Gasteiger partial charge on any atom is 0.410 e. The van der Waals surface area contributed by atoms with Gasteiger partial charge in [-0.25, -0.2) is 14.0 Å². The largest absolute Gasteiger partial charge is 0.444 e. The third kappa shape index (κ3) is 9.91. The van der Waals surface area contributed by atoms with Gasteiger partial charge in [-0.2, -0.15) is 0 Å². The van der Waals surface area contributed by atoms with Crippen molar-refractivity contribution in [2.75, 3.05) is 52.5 Å². The molecule has 40 heavy (non-hydrogen) atoms. The topological polar surface area (TPSA) is 83.1 Å². The fraction of sp³-hybridized carbons (Fsp3) is 0.742. The van der Waals surface area contributed by atoms with Crippen molar-refractivity contribution in [3.63, 3.8) is 0 Å². The van der Waals surface area contributed by atoms with Crippen LogP contribution in [0.4, 0.5) is 14.0 Å². The Bertz CT molecular complexity index is 948. The van der Waals surface area contributed by atoms with Crippen LogP contribution in [0.25, 0.3) is 0 Å². The number of urea groups is 1. The molecule has 1 aromatic rings. The van der Waals surface area contributed by atoms with Crippen molar-refractivity contribution in [2.24, 2.45) is 17.8 Å². The van der Waals surface area contributed by atoms with E-state index in [0.717, 1.165) is 71.4 Å². The van der Waals surface area contributed by atoms with Gasteiger partial charge in [-0.05, 0) is 108 Å². The molecule has 9 heteroatoms. The highest BCUT2D eigenvalue weighted by atomic mass is 19.1. The number of amides is 3. The number of benzene rings is 1. The van der Waals surface area contributed by atoms with Crippen LogP contribution in [0.5, 0.6) is 0 Å².